The van der Waals surface area contributed by atoms with Crippen molar-refractivity contribution in [3.63, 3.8) is 0 Å². The summed E-state index contributed by atoms with van der Waals surface area (Å²) in [4.78, 5) is 20.1. The van der Waals surface area contributed by atoms with Crippen LogP contribution in [0.25, 0.3) is 6.08 Å². The fourth-order valence-electron chi connectivity index (χ4n) is 2.65. The van der Waals surface area contributed by atoms with Gasteiger partial charge >= 0.3 is 0 Å². The van der Waals surface area contributed by atoms with Crippen LogP contribution in [-0.2, 0) is 17.8 Å². The summed E-state index contributed by atoms with van der Waals surface area (Å²) < 4.78 is 10.5. The molecule has 0 spiro atoms. The zero-order chi connectivity index (χ0) is 17.8. The van der Waals surface area contributed by atoms with Crippen molar-refractivity contribution in [3.8, 4) is 11.5 Å². The van der Waals surface area contributed by atoms with E-state index in [2.05, 4.69) is 22.2 Å². The van der Waals surface area contributed by atoms with Crippen molar-refractivity contribution >= 4 is 28.5 Å². The lowest BCUT2D eigenvalue weighted by molar-refractivity contribution is -0.111. The number of aromatic nitrogens is 1. The first-order chi connectivity index (χ1) is 12.1. The van der Waals surface area contributed by atoms with E-state index < -0.39 is 0 Å². The number of ether oxygens (including phenoxy) is 2. The van der Waals surface area contributed by atoms with Crippen LogP contribution in [0.5, 0.6) is 11.5 Å². The van der Waals surface area contributed by atoms with E-state index in [1.54, 1.807) is 31.6 Å². The Balaban J connectivity index is 1.65. The van der Waals surface area contributed by atoms with Gasteiger partial charge in [-0.2, -0.15) is 0 Å². The number of thiazole rings is 1. The molecule has 0 saturated carbocycles. The lowest BCUT2D eigenvalue weighted by atomic mass is 10.2. The Kier molecular flexibility index (Phi) is 5.35. The minimum absolute atomic E-state index is 0.200. The third-order valence-corrected chi connectivity index (χ3v) is 4.98. The van der Waals surface area contributed by atoms with Gasteiger partial charge in [0.05, 0.1) is 19.9 Å². The Hall–Kier alpha value is -2.38. The first kappa shape index (κ1) is 17.4. The van der Waals surface area contributed by atoms with Crippen LogP contribution in [0, 0.1) is 0 Å². The van der Waals surface area contributed by atoms with Gasteiger partial charge < -0.3 is 14.4 Å². The zero-order valence-corrected chi connectivity index (χ0v) is 15.4. The quantitative estimate of drug-likeness (QED) is 0.832. The Morgan fingerprint density at radius 3 is 2.88 bits per heavy atom. The highest BCUT2D eigenvalue weighted by Crippen LogP contribution is 2.29. The molecule has 132 valence electrons. The number of amides is 1. The topological polar surface area (TPSA) is 63.7 Å². The van der Waals surface area contributed by atoms with Crippen LogP contribution < -0.4 is 14.8 Å². The number of methoxy groups -OCH3 is 2. The van der Waals surface area contributed by atoms with Crippen LogP contribution in [0.3, 0.4) is 0 Å². The number of fused-ring (bicyclic) bond motifs is 1. The van der Waals surface area contributed by atoms with Gasteiger partial charge in [0.2, 0.25) is 5.91 Å². The van der Waals surface area contributed by atoms with Gasteiger partial charge in [-0.15, -0.1) is 11.3 Å². The molecule has 1 amide bonds. The molecule has 0 unspecified atom stereocenters. The van der Waals surface area contributed by atoms with E-state index >= 15 is 0 Å². The van der Waals surface area contributed by atoms with Gasteiger partial charge in [0.15, 0.2) is 16.6 Å². The lowest BCUT2D eigenvalue weighted by Crippen LogP contribution is -2.25. The molecule has 1 aliphatic rings. The molecule has 1 aromatic heterocycles. The molecule has 0 bridgehead atoms. The van der Waals surface area contributed by atoms with Gasteiger partial charge in [-0.25, -0.2) is 4.98 Å². The third kappa shape index (κ3) is 4.18. The molecule has 7 heteroatoms. The van der Waals surface area contributed by atoms with E-state index in [4.69, 9.17) is 9.47 Å². The maximum atomic E-state index is 12.1. The van der Waals surface area contributed by atoms with E-state index in [-0.39, 0.29) is 5.91 Å². The largest absolute Gasteiger partial charge is 0.493 e. The summed E-state index contributed by atoms with van der Waals surface area (Å²) in [6.07, 6.45) is 4.16. The molecule has 0 fully saturated rings. The Bertz CT molecular complexity index is 801. The maximum absolute atomic E-state index is 12.1. The minimum atomic E-state index is -0.200. The summed E-state index contributed by atoms with van der Waals surface area (Å²) in [5, 5.41) is 3.50. The molecule has 1 aliphatic heterocycles. The highest BCUT2D eigenvalue weighted by atomic mass is 32.1. The maximum Gasteiger partial charge on any atom is 0.250 e. The van der Waals surface area contributed by atoms with E-state index in [0.29, 0.717) is 16.6 Å². The normalized spacial score (nSPS) is 14.4. The fraction of sp³-hybridized carbons (Fsp3) is 0.333. The predicted octanol–water partition coefficient (Wildman–Crippen LogP) is 2.80. The predicted molar refractivity (Wildman–Crippen MR) is 99.4 cm³/mol. The van der Waals surface area contributed by atoms with Gasteiger partial charge in [0, 0.05) is 30.5 Å². The molecule has 25 heavy (non-hydrogen) atoms. The van der Waals surface area contributed by atoms with Crippen molar-refractivity contribution in [1.82, 2.24) is 9.88 Å². The highest BCUT2D eigenvalue weighted by molar-refractivity contribution is 7.15. The van der Waals surface area contributed by atoms with Crippen molar-refractivity contribution < 1.29 is 14.3 Å². The van der Waals surface area contributed by atoms with Crippen molar-refractivity contribution in [2.24, 2.45) is 0 Å². The third-order valence-electron chi connectivity index (χ3n) is 3.99. The monoisotopic (exact) mass is 359 g/mol. The Morgan fingerprint density at radius 1 is 1.32 bits per heavy atom. The first-order valence-corrected chi connectivity index (χ1v) is 8.79. The summed E-state index contributed by atoms with van der Waals surface area (Å²) in [5.41, 5.74) is 1.95. The second-order valence-electron chi connectivity index (χ2n) is 5.81. The van der Waals surface area contributed by atoms with Crippen LogP contribution in [0.2, 0.25) is 0 Å². The smallest absolute Gasteiger partial charge is 0.250 e. The molecule has 1 N–H and O–H groups in total. The van der Waals surface area contributed by atoms with Crippen molar-refractivity contribution in [1.29, 1.82) is 0 Å². The number of hydrogen-bond donors (Lipinski definition) is 1. The van der Waals surface area contributed by atoms with E-state index in [0.717, 1.165) is 30.8 Å². The Morgan fingerprint density at radius 2 is 2.12 bits per heavy atom. The van der Waals surface area contributed by atoms with Gasteiger partial charge in [-0.1, -0.05) is 6.07 Å². The molecule has 0 saturated heterocycles. The number of nitrogens with zero attached hydrogens (tertiary/aromatic N) is 2. The number of anilines is 1. The number of likely N-dealkylation sites (N-methyl/N-ethyl adjacent to an activating group) is 1. The summed E-state index contributed by atoms with van der Waals surface area (Å²) in [5.74, 6) is 1.08. The summed E-state index contributed by atoms with van der Waals surface area (Å²) >= 11 is 1.54. The Labute approximate surface area is 151 Å². The number of rotatable bonds is 5. The summed E-state index contributed by atoms with van der Waals surface area (Å²) in [6, 6.07) is 5.49. The fourth-order valence-corrected chi connectivity index (χ4v) is 3.74. The summed E-state index contributed by atoms with van der Waals surface area (Å²) in [6.45, 7) is 1.90. The molecular formula is C18H21N3O3S. The van der Waals surface area contributed by atoms with Crippen LogP contribution in [0.15, 0.2) is 24.3 Å². The average Bonchev–Trinajstić information content (AvgIpc) is 3.00. The van der Waals surface area contributed by atoms with Gasteiger partial charge in [-0.3, -0.25) is 10.1 Å². The van der Waals surface area contributed by atoms with Gasteiger partial charge in [0.25, 0.3) is 0 Å². The molecule has 0 aliphatic carbocycles. The highest BCUT2D eigenvalue weighted by Gasteiger charge is 2.18. The molecular weight excluding hydrogens is 338 g/mol. The van der Waals surface area contributed by atoms with Crippen molar-refractivity contribution in [2.75, 3.05) is 33.1 Å². The van der Waals surface area contributed by atoms with E-state index in [1.807, 2.05) is 18.2 Å². The van der Waals surface area contributed by atoms with Gasteiger partial charge in [-0.05, 0) is 30.8 Å². The first-order valence-electron chi connectivity index (χ1n) is 7.97. The van der Waals surface area contributed by atoms with Gasteiger partial charge in [0.1, 0.15) is 0 Å². The molecule has 6 nitrogen and oxygen atoms in total. The molecule has 2 aromatic rings. The number of benzene rings is 1. The molecule has 0 atom stereocenters. The molecule has 1 aromatic carbocycles. The van der Waals surface area contributed by atoms with Crippen LogP contribution >= 0.6 is 11.3 Å². The minimum Gasteiger partial charge on any atom is -0.493 e. The second-order valence-corrected chi connectivity index (χ2v) is 6.90. The zero-order valence-electron chi connectivity index (χ0n) is 14.5. The number of hydrogen-bond acceptors (Lipinski definition) is 6. The number of carbonyl (C=O) groups is 1. The number of nitrogens with one attached hydrogen (secondary N) is 1. The van der Waals surface area contributed by atoms with Crippen LogP contribution in [0.1, 0.15) is 16.1 Å². The molecule has 0 radical (unpaired) electrons. The lowest BCUT2D eigenvalue weighted by Gasteiger charge is -2.20. The SMILES string of the molecule is COc1ccc(/C=C/C(=O)Nc2nc3c(s2)CN(C)CC3)cc1OC. The summed E-state index contributed by atoms with van der Waals surface area (Å²) in [7, 11) is 5.26. The van der Waals surface area contributed by atoms with Crippen molar-refractivity contribution in [3.05, 3.63) is 40.4 Å². The van der Waals surface area contributed by atoms with Crippen LogP contribution in [-0.4, -0.2) is 43.6 Å². The van der Waals surface area contributed by atoms with E-state index in [9.17, 15) is 4.79 Å². The van der Waals surface area contributed by atoms with E-state index in [1.165, 1.54) is 11.0 Å². The number of carbonyl (C=O) groups excluding carboxylic acids is 1. The standard InChI is InChI=1S/C18H21N3O3S/c1-21-9-8-13-16(11-21)25-18(19-13)20-17(22)7-5-12-4-6-14(23-2)15(10-12)24-3/h4-7,10H,8-9,11H2,1-3H3,(H,19,20,22)/b7-5+. The molecule has 2 heterocycles. The van der Waals surface area contributed by atoms with Crippen molar-refractivity contribution in [2.45, 2.75) is 13.0 Å². The average molecular weight is 359 g/mol. The second kappa shape index (κ2) is 7.67. The molecule has 3 rings (SSSR count). The van der Waals surface area contributed by atoms with Crippen LogP contribution in [0.4, 0.5) is 5.13 Å².